The van der Waals surface area contributed by atoms with E-state index in [9.17, 15) is 19.1 Å². The van der Waals surface area contributed by atoms with Gasteiger partial charge in [0.2, 0.25) is 0 Å². The van der Waals surface area contributed by atoms with Crippen molar-refractivity contribution in [1.29, 1.82) is 0 Å². The maximum Gasteiger partial charge on any atom is 0.306 e. The number of fused-ring (bicyclic) bond motifs is 1. The van der Waals surface area contributed by atoms with E-state index in [4.69, 9.17) is 16.7 Å². The van der Waals surface area contributed by atoms with Crippen molar-refractivity contribution in [1.82, 2.24) is 0 Å². The van der Waals surface area contributed by atoms with Gasteiger partial charge >= 0.3 is 5.97 Å². The number of ketones is 1. The molecule has 0 bridgehead atoms. The Bertz CT molecular complexity index is 710. The van der Waals surface area contributed by atoms with Crippen LogP contribution in [0.5, 0.6) is 5.75 Å². The quantitative estimate of drug-likeness (QED) is 0.843. The number of carbonyl (C=O) groups is 2. The molecule has 0 fully saturated rings. The summed E-state index contributed by atoms with van der Waals surface area (Å²) in [6, 6.07) is 2.21. The normalized spacial score (nSPS) is 12.6. The van der Waals surface area contributed by atoms with Crippen LogP contribution in [0.3, 0.4) is 0 Å². The molecule has 0 saturated heterocycles. The van der Waals surface area contributed by atoms with Crippen molar-refractivity contribution in [2.24, 2.45) is 5.92 Å². The van der Waals surface area contributed by atoms with Gasteiger partial charge in [0.15, 0.2) is 5.78 Å². The number of aromatic hydroxyl groups is 1. The summed E-state index contributed by atoms with van der Waals surface area (Å²) in [4.78, 5) is 22.9. The molecule has 0 radical (unpaired) electrons. The van der Waals surface area contributed by atoms with Crippen LogP contribution in [0.1, 0.15) is 23.0 Å². The van der Waals surface area contributed by atoms with Crippen molar-refractivity contribution >= 4 is 44.8 Å². The zero-order chi connectivity index (χ0) is 15.0. The van der Waals surface area contributed by atoms with Gasteiger partial charge in [-0.05, 0) is 6.07 Å². The first-order chi connectivity index (χ1) is 9.31. The lowest BCUT2D eigenvalue weighted by molar-refractivity contribution is -0.141. The monoisotopic (exact) mass is 316 g/mol. The standard InChI is InChI=1S/C13H10ClFO4S/c1-5(13(18)19)2-8(16)10-3-6-7(15)4-9(17)11(14)12(6)20-10/h3-5,17H,2H2,1H3,(H,18,19)/t5-/m0/s1. The summed E-state index contributed by atoms with van der Waals surface area (Å²) in [5.41, 5.74) is 0. The van der Waals surface area contributed by atoms with E-state index in [-0.39, 0.29) is 26.4 Å². The van der Waals surface area contributed by atoms with Crippen LogP contribution in [0.15, 0.2) is 12.1 Å². The number of aliphatic carboxylic acids is 1. The molecule has 1 aromatic heterocycles. The fourth-order valence-electron chi connectivity index (χ4n) is 1.71. The Hall–Kier alpha value is -1.66. The Morgan fingerprint density at radius 3 is 2.70 bits per heavy atom. The highest BCUT2D eigenvalue weighted by atomic mass is 35.5. The molecule has 1 heterocycles. The number of phenolic OH excluding ortho intramolecular Hbond substituents is 1. The largest absolute Gasteiger partial charge is 0.506 e. The van der Waals surface area contributed by atoms with Crippen LogP contribution < -0.4 is 0 Å². The molecular formula is C13H10ClFO4S. The second-order valence-electron chi connectivity index (χ2n) is 4.41. The van der Waals surface area contributed by atoms with Crippen LogP contribution in [0.25, 0.3) is 10.1 Å². The molecule has 20 heavy (non-hydrogen) atoms. The molecule has 2 rings (SSSR count). The number of benzene rings is 1. The number of carbonyl (C=O) groups excluding carboxylic acids is 1. The van der Waals surface area contributed by atoms with Gasteiger partial charge in [0.05, 0.1) is 15.5 Å². The van der Waals surface area contributed by atoms with Crippen molar-refractivity contribution in [3.63, 3.8) is 0 Å². The number of thiophene rings is 1. The molecular weight excluding hydrogens is 307 g/mol. The number of carboxylic acid groups (broad SMARTS) is 1. The topological polar surface area (TPSA) is 74.6 Å². The van der Waals surface area contributed by atoms with Crippen LogP contribution >= 0.6 is 22.9 Å². The van der Waals surface area contributed by atoms with Gasteiger partial charge in [-0.3, -0.25) is 9.59 Å². The summed E-state index contributed by atoms with van der Waals surface area (Å²) in [5.74, 6) is -3.35. The third-order valence-corrected chi connectivity index (χ3v) is 4.55. The molecule has 0 amide bonds. The van der Waals surface area contributed by atoms with E-state index in [2.05, 4.69) is 0 Å². The second-order valence-corrected chi connectivity index (χ2v) is 5.84. The minimum absolute atomic E-state index is 0.0169. The minimum atomic E-state index is -1.07. The Labute approximate surface area is 122 Å². The lowest BCUT2D eigenvalue weighted by atomic mass is 10.0. The van der Waals surface area contributed by atoms with Gasteiger partial charge in [0.1, 0.15) is 16.6 Å². The maximum absolute atomic E-state index is 13.7. The predicted molar refractivity (Wildman–Crippen MR) is 74.2 cm³/mol. The van der Waals surface area contributed by atoms with Crippen LogP contribution in [0.4, 0.5) is 4.39 Å². The molecule has 0 aliphatic rings. The van der Waals surface area contributed by atoms with Crippen LogP contribution in [-0.4, -0.2) is 22.0 Å². The molecule has 7 heteroatoms. The summed E-state index contributed by atoms with van der Waals surface area (Å²) in [7, 11) is 0. The summed E-state index contributed by atoms with van der Waals surface area (Å²) >= 11 is 6.80. The average Bonchev–Trinajstić information content (AvgIpc) is 2.81. The van der Waals surface area contributed by atoms with E-state index in [0.29, 0.717) is 0 Å². The molecule has 2 N–H and O–H groups in total. The molecule has 0 spiro atoms. The van der Waals surface area contributed by atoms with Gasteiger partial charge in [-0.1, -0.05) is 18.5 Å². The van der Waals surface area contributed by atoms with Gasteiger partial charge in [0.25, 0.3) is 0 Å². The Kier molecular flexibility index (Phi) is 3.96. The first kappa shape index (κ1) is 14.7. The fraction of sp³-hybridized carbons (Fsp3) is 0.231. The number of hydrogen-bond acceptors (Lipinski definition) is 4. The molecule has 1 aromatic carbocycles. The summed E-state index contributed by atoms with van der Waals surface area (Å²) in [5, 5.41) is 18.3. The maximum atomic E-state index is 13.7. The summed E-state index contributed by atoms with van der Waals surface area (Å²) in [6.07, 6.45) is -0.173. The van der Waals surface area contributed by atoms with E-state index >= 15 is 0 Å². The third-order valence-electron chi connectivity index (χ3n) is 2.87. The van der Waals surface area contributed by atoms with E-state index < -0.39 is 29.2 Å². The highest BCUT2D eigenvalue weighted by Gasteiger charge is 2.21. The predicted octanol–water partition coefficient (Wildman–Crippen LogP) is 3.69. The molecule has 4 nitrogen and oxygen atoms in total. The zero-order valence-corrected chi connectivity index (χ0v) is 11.9. The van der Waals surface area contributed by atoms with Crippen LogP contribution in [0, 0.1) is 11.7 Å². The second kappa shape index (κ2) is 5.38. The van der Waals surface area contributed by atoms with Gasteiger partial charge in [0, 0.05) is 17.9 Å². The average molecular weight is 317 g/mol. The molecule has 0 aliphatic heterocycles. The van der Waals surface area contributed by atoms with Crippen molar-refractivity contribution in [2.45, 2.75) is 13.3 Å². The molecule has 0 saturated carbocycles. The molecule has 0 aliphatic carbocycles. The Morgan fingerprint density at radius 2 is 2.10 bits per heavy atom. The Balaban J connectivity index is 2.42. The van der Waals surface area contributed by atoms with Crippen molar-refractivity contribution in [3.05, 3.63) is 27.8 Å². The van der Waals surface area contributed by atoms with Crippen molar-refractivity contribution in [3.8, 4) is 5.75 Å². The minimum Gasteiger partial charge on any atom is -0.506 e. The molecule has 1 atom stereocenters. The van der Waals surface area contributed by atoms with Crippen LogP contribution in [-0.2, 0) is 4.79 Å². The van der Waals surface area contributed by atoms with Crippen molar-refractivity contribution < 1.29 is 24.2 Å². The molecule has 0 unspecified atom stereocenters. The van der Waals surface area contributed by atoms with Gasteiger partial charge in [-0.25, -0.2) is 4.39 Å². The highest BCUT2D eigenvalue weighted by molar-refractivity contribution is 7.21. The smallest absolute Gasteiger partial charge is 0.306 e. The van der Waals surface area contributed by atoms with Gasteiger partial charge in [-0.15, -0.1) is 11.3 Å². The first-order valence-corrected chi connectivity index (χ1v) is 6.87. The summed E-state index contributed by atoms with van der Waals surface area (Å²) < 4.78 is 14.0. The van der Waals surface area contributed by atoms with Gasteiger partial charge in [-0.2, -0.15) is 0 Å². The van der Waals surface area contributed by atoms with E-state index in [1.165, 1.54) is 13.0 Å². The van der Waals surface area contributed by atoms with E-state index in [1.54, 1.807) is 0 Å². The number of carboxylic acids is 1. The lowest BCUT2D eigenvalue weighted by Crippen LogP contribution is -2.13. The summed E-state index contributed by atoms with van der Waals surface area (Å²) in [6.45, 7) is 1.42. The first-order valence-electron chi connectivity index (χ1n) is 5.67. The van der Waals surface area contributed by atoms with Crippen molar-refractivity contribution in [2.75, 3.05) is 0 Å². The Morgan fingerprint density at radius 1 is 1.45 bits per heavy atom. The highest BCUT2D eigenvalue weighted by Crippen LogP contribution is 2.39. The number of hydrogen-bond donors (Lipinski definition) is 2. The number of Topliss-reactive ketones (excluding diaryl/α,β-unsaturated/α-hetero) is 1. The van der Waals surface area contributed by atoms with E-state index in [1.807, 2.05) is 0 Å². The molecule has 106 valence electrons. The molecule has 2 aromatic rings. The number of phenols is 1. The zero-order valence-electron chi connectivity index (χ0n) is 10.3. The number of rotatable bonds is 4. The van der Waals surface area contributed by atoms with Crippen LogP contribution in [0.2, 0.25) is 5.02 Å². The fourth-order valence-corrected chi connectivity index (χ4v) is 3.04. The lowest BCUT2D eigenvalue weighted by Gasteiger charge is -2.02. The van der Waals surface area contributed by atoms with E-state index in [0.717, 1.165) is 17.4 Å². The number of halogens is 2. The third kappa shape index (κ3) is 2.62. The SMILES string of the molecule is C[C@@H](CC(=O)c1cc2c(F)cc(O)c(Cl)c2s1)C(=O)O. The van der Waals surface area contributed by atoms with Gasteiger partial charge < -0.3 is 10.2 Å².